The molecule has 0 aliphatic carbocycles. The molecule has 1 aliphatic rings. The fourth-order valence-corrected chi connectivity index (χ4v) is 3.31. The summed E-state index contributed by atoms with van der Waals surface area (Å²) < 4.78 is 5.45. The molecule has 1 amide bonds. The average molecular weight is 330 g/mol. The maximum atomic E-state index is 12.4. The number of thioether (sulfide) groups is 1. The summed E-state index contributed by atoms with van der Waals surface area (Å²) in [5, 5.41) is 10.6. The van der Waals surface area contributed by atoms with E-state index in [9.17, 15) is 14.9 Å². The van der Waals surface area contributed by atoms with E-state index in [0.29, 0.717) is 12.3 Å². The van der Waals surface area contributed by atoms with E-state index in [0.717, 1.165) is 16.3 Å². The summed E-state index contributed by atoms with van der Waals surface area (Å²) in [5.41, 5.74) is 0.895. The highest BCUT2D eigenvalue weighted by Gasteiger charge is 2.22. The molecule has 23 heavy (non-hydrogen) atoms. The molecule has 0 radical (unpaired) electrons. The van der Waals surface area contributed by atoms with Crippen molar-refractivity contribution in [2.24, 2.45) is 0 Å². The summed E-state index contributed by atoms with van der Waals surface area (Å²) in [7, 11) is 0. The third-order valence-electron chi connectivity index (χ3n) is 3.44. The average Bonchev–Trinajstić information content (AvgIpc) is 2.59. The molecular weight excluding hydrogens is 316 g/mol. The van der Waals surface area contributed by atoms with Crippen molar-refractivity contribution in [3.8, 4) is 5.75 Å². The van der Waals surface area contributed by atoms with Gasteiger partial charge >= 0.3 is 0 Å². The number of ether oxygens (including phenoxy) is 1. The number of amides is 1. The summed E-state index contributed by atoms with van der Waals surface area (Å²) in [6.07, 6.45) is 0. The number of para-hydroxylation sites is 1. The summed E-state index contributed by atoms with van der Waals surface area (Å²) in [6, 6.07) is 13.5. The lowest BCUT2D eigenvalue weighted by atomic mass is 10.2. The summed E-state index contributed by atoms with van der Waals surface area (Å²) in [4.78, 5) is 25.3. The first kappa shape index (κ1) is 15.4. The minimum Gasteiger partial charge on any atom is -0.484 e. The van der Waals surface area contributed by atoms with E-state index in [1.165, 1.54) is 24.3 Å². The lowest BCUT2D eigenvalue weighted by molar-refractivity contribution is -0.384. The van der Waals surface area contributed by atoms with Gasteiger partial charge in [-0.2, -0.15) is 0 Å². The van der Waals surface area contributed by atoms with Gasteiger partial charge in [-0.05, 0) is 24.3 Å². The molecule has 1 heterocycles. The van der Waals surface area contributed by atoms with Crippen LogP contribution in [0.2, 0.25) is 0 Å². The predicted molar refractivity (Wildman–Crippen MR) is 88.1 cm³/mol. The zero-order valence-electron chi connectivity index (χ0n) is 12.2. The molecule has 0 saturated carbocycles. The number of non-ortho nitro benzene ring substituents is 1. The van der Waals surface area contributed by atoms with E-state index in [1.54, 1.807) is 16.7 Å². The molecule has 118 valence electrons. The summed E-state index contributed by atoms with van der Waals surface area (Å²) in [5.74, 6) is 1.15. The smallest absolute Gasteiger partial charge is 0.269 e. The number of fused-ring (bicyclic) bond motifs is 1. The topological polar surface area (TPSA) is 72.7 Å². The van der Waals surface area contributed by atoms with Crippen molar-refractivity contribution in [1.82, 2.24) is 0 Å². The maximum Gasteiger partial charge on any atom is 0.269 e. The molecule has 0 fully saturated rings. The van der Waals surface area contributed by atoms with Crippen LogP contribution in [0.15, 0.2) is 53.4 Å². The first-order chi connectivity index (χ1) is 11.1. The Morgan fingerprint density at radius 2 is 1.96 bits per heavy atom. The highest BCUT2D eigenvalue weighted by Crippen LogP contribution is 2.34. The Balaban J connectivity index is 1.65. The van der Waals surface area contributed by atoms with E-state index in [1.807, 2.05) is 24.3 Å². The number of rotatable bonds is 4. The minimum absolute atomic E-state index is 0.00865. The monoisotopic (exact) mass is 330 g/mol. The fraction of sp³-hybridized carbons (Fsp3) is 0.188. The van der Waals surface area contributed by atoms with Crippen molar-refractivity contribution in [1.29, 1.82) is 0 Å². The number of nitro benzene ring substituents is 1. The van der Waals surface area contributed by atoms with Gasteiger partial charge in [0.2, 0.25) is 0 Å². The highest BCUT2D eigenvalue weighted by atomic mass is 32.2. The molecule has 0 unspecified atom stereocenters. The largest absolute Gasteiger partial charge is 0.484 e. The number of benzene rings is 2. The zero-order chi connectivity index (χ0) is 16.2. The van der Waals surface area contributed by atoms with E-state index >= 15 is 0 Å². The van der Waals surface area contributed by atoms with E-state index in [-0.39, 0.29) is 18.2 Å². The van der Waals surface area contributed by atoms with Crippen LogP contribution in [0.3, 0.4) is 0 Å². The van der Waals surface area contributed by atoms with Crippen LogP contribution in [0.1, 0.15) is 0 Å². The van der Waals surface area contributed by atoms with Crippen molar-refractivity contribution in [2.75, 3.05) is 23.8 Å². The fourth-order valence-electron chi connectivity index (χ4n) is 2.32. The maximum absolute atomic E-state index is 12.4. The standard InChI is InChI=1S/C16H14N2O4S/c19-16(11-22-13-7-5-12(6-8-13)18(20)21)17-9-10-23-15-4-2-1-3-14(15)17/h1-8H,9-11H2. The van der Waals surface area contributed by atoms with Crippen molar-refractivity contribution in [2.45, 2.75) is 4.90 Å². The van der Waals surface area contributed by atoms with Crippen LogP contribution >= 0.6 is 11.8 Å². The number of nitro groups is 1. The molecule has 2 aromatic rings. The third-order valence-corrected chi connectivity index (χ3v) is 4.48. The number of nitrogens with zero attached hydrogens (tertiary/aromatic N) is 2. The predicted octanol–water partition coefficient (Wildman–Crippen LogP) is 3.11. The minimum atomic E-state index is -0.475. The van der Waals surface area contributed by atoms with Crippen LogP contribution in [0.4, 0.5) is 11.4 Å². The van der Waals surface area contributed by atoms with Gasteiger partial charge in [0.15, 0.2) is 6.61 Å². The van der Waals surface area contributed by atoms with Gasteiger partial charge in [0, 0.05) is 29.3 Å². The Kier molecular flexibility index (Phi) is 4.47. The van der Waals surface area contributed by atoms with Crippen LogP contribution in [0, 0.1) is 10.1 Å². The molecule has 0 bridgehead atoms. The second kappa shape index (κ2) is 6.70. The molecule has 0 atom stereocenters. The molecule has 0 saturated heterocycles. The SMILES string of the molecule is O=C(COc1ccc([N+](=O)[O-])cc1)N1CCSc2ccccc21. The van der Waals surface area contributed by atoms with E-state index in [2.05, 4.69) is 0 Å². The summed E-state index contributed by atoms with van der Waals surface area (Å²) >= 11 is 1.73. The van der Waals surface area contributed by atoms with E-state index in [4.69, 9.17) is 4.74 Å². The van der Waals surface area contributed by atoms with Gasteiger partial charge in [-0.1, -0.05) is 12.1 Å². The molecule has 0 aromatic heterocycles. The van der Waals surface area contributed by atoms with Crippen LogP contribution in [0.25, 0.3) is 0 Å². The molecule has 3 rings (SSSR count). The lowest BCUT2D eigenvalue weighted by Gasteiger charge is -2.28. The number of carbonyl (C=O) groups excluding carboxylic acids is 1. The normalized spacial score (nSPS) is 13.3. The molecule has 2 aromatic carbocycles. The van der Waals surface area contributed by atoms with Gasteiger partial charge in [-0.15, -0.1) is 11.8 Å². The van der Waals surface area contributed by atoms with Crippen LogP contribution in [-0.2, 0) is 4.79 Å². The van der Waals surface area contributed by atoms with Gasteiger partial charge in [0.05, 0.1) is 10.6 Å². The number of hydrogen-bond donors (Lipinski definition) is 0. The number of anilines is 1. The zero-order valence-corrected chi connectivity index (χ0v) is 13.0. The molecular formula is C16H14N2O4S. The molecule has 7 heteroatoms. The second-order valence-corrected chi connectivity index (χ2v) is 6.04. The Morgan fingerprint density at radius 1 is 1.22 bits per heavy atom. The Hall–Kier alpha value is -2.54. The van der Waals surface area contributed by atoms with Gasteiger partial charge in [-0.25, -0.2) is 0 Å². The summed E-state index contributed by atoms with van der Waals surface area (Å²) in [6.45, 7) is 0.543. The van der Waals surface area contributed by atoms with E-state index < -0.39 is 4.92 Å². The number of hydrogen-bond acceptors (Lipinski definition) is 5. The molecule has 0 N–H and O–H groups in total. The van der Waals surface area contributed by atoms with Crippen molar-refractivity contribution in [3.05, 3.63) is 58.6 Å². The Labute approximate surface area is 137 Å². The van der Waals surface area contributed by atoms with Crippen molar-refractivity contribution in [3.63, 3.8) is 0 Å². The van der Waals surface area contributed by atoms with Crippen LogP contribution in [-0.4, -0.2) is 29.7 Å². The highest BCUT2D eigenvalue weighted by molar-refractivity contribution is 7.99. The van der Waals surface area contributed by atoms with Crippen molar-refractivity contribution >= 4 is 29.0 Å². The first-order valence-corrected chi connectivity index (χ1v) is 8.03. The van der Waals surface area contributed by atoms with Crippen LogP contribution < -0.4 is 9.64 Å². The molecule has 1 aliphatic heterocycles. The number of carbonyl (C=O) groups is 1. The van der Waals surface area contributed by atoms with Gasteiger partial charge in [0.1, 0.15) is 5.75 Å². The Morgan fingerprint density at radius 3 is 2.70 bits per heavy atom. The van der Waals surface area contributed by atoms with Crippen LogP contribution in [0.5, 0.6) is 5.75 Å². The third kappa shape index (κ3) is 3.45. The Bertz CT molecular complexity index is 733. The molecule has 0 spiro atoms. The lowest BCUT2D eigenvalue weighted by Crippen LogP contribution is -2.38. The van der Waals surface area contributed by atoms with Gasteiger partial charge in [-0.3, -0.25) is 14.9 Å². The second-order valence-electron chi connectivity index (χ2n) is 4.90. The molecule has 6 nitrogen and oxygen atoms in total. The van der Waals surface area contributed by atoms with Gasteiger partial charge < -0.3 is 9.64 Å². The van der Waals surface area contributed by atoms with Gasteiger partial charge in [0.25, 0.3) is 11.6 Å². The van der Waals surface area contributed by atoms with Crippen molar-refractivity contribution < 1.29 is 14.5 Å². The first-order valence-electron chi connectivity index (χ1n) is 7.04. The quantitative estimate of drug-likeness (QED) is 0.636.